The van der Waals surface area contributed by atoms with Crippen LogP contribution in [0.1, 0.15) is 27.2 Å². The molecule has 0 radical (unpaired) electrons. The largest absolute Gasteiger partial charge is 0.370 e. The number of rotatable bonds is 2. The van der Waals surface area contributed by atoms with Crippen molar-refractivity contribution in [2.75, 3.05) is 13.2 Å². The quantitative estimate of drug-likeness (QED) is 0.596. The Morgan fingerprint density at radius 1 is 1.64 bits per heavy atom. The summed E-state index contributed by atoms with van der Waals surface area (Å²) in [6, 6.07) is 0. The molecular formula is C9H17NO. The Morgan fingerprint density at radius 2 is 2.36 bits per heavy atom. The van der Waals surface area contributed by atoms with E-state index in [0.717, 1.165) is 19.6 Å². The van der Waals surface area contributed by atoms with E-state index in [4.69, 9.17) is 4.74 Å². The third kappa shape index (κ3) is 2.03. The van der Waals surface area contributed by atoms with Crippen molar-refractivity contribution in [3.63, 3.8) is 0 Å². The second-order valence-electron chi connectivity index (χ2n) is 3.23. The summed E-state index contributed by atoms with van der Waals surface area (Å²) in [5, 5.41) is 0. The van der Waals surface area contributed by atoms with Crippen molar-refractivity contribution in [2.24, 2.45) is 10.9 Å². The Morgan fingerprint density at radius 3 is 2.82 bits per heavy atom. The predicted octanol–water partition coefficient (Wildman–Crippen LogP) is 1.89. The van der Waals surface area contributed by atoms with Gasteiger partial charge in [0.2, 0.25) is 0 Å². The molecule has 0 amide bonds. The SMILES string of the molecule is CCC1OCCN=C1C(C)C. The van der Waals surface area contributed by atoms with Crippen LogP contribution in [0.15, 0.2) is 4.99 Å². The van der Waals surface area contributed by atoms with Gasteiger partial charge in [-0.2, -0.15) is 0 Å². The van der Waals surface area contributed by atoms with Crippen LogP contribution in [0.2, 0.25) is 0 Å². The number of ether oxygens (including phenoxy) is 1. The fourth-order valence-electron chi connectivity index (χ4n) is 1.44. The third-order valence-corrected chi connectivity index (χ3v) is 2.00. The fraction of sp³-hybridized carbons (Fsp3) is 0.889. The maximum absolute atomic E-state index is 5.57. The molecule has 0 N–H and O–H groups in total. The van der Waals surface area contributed by atoms with Crippen molar-refractivity contribution in [1.82, 2.24) is 0 Å². The first-order valence-corrected chi connectivity index (χ1v) is 4.41. The molecule has 0 aromatic carbocycles. The minimum atomic E-state index is 0.295. The summed E-state index contributed by atoms with van der Waals surface area (Å²) in [6.45, 7) is 8.15. The van der Waals surface area contributed by atoms with Crippen LogP contribution >= 0.6 is 0 Å². The summed E-state index contributed by atoms with van der Waals surface area (Å²) in [5.74, 6) is 0.542. The molecule has 1 aliphatic heterocycles. The number of nitrogens with zero attached hydrogens (tertiary/aromatic N) is 1. The first kappa shape index (κ1) is 8.72. The summed E-state index contributed by atoms with van der Waals surface area (Å²) in [4.78, 5) is 4.47. The van der Waals surface area contributed by atoms with E-state index in [1.54, 1.807) is 0 Å². The van der Waals surface area contributed by atoms with Gasteiger partial charge in [-0.1, -0.05) is 20.8 Å². The van der Waals surface area contributed by atoms with Gasteiger partial charge in [0.25, 0.3) is 0 Å². The van der Waals surface area contributed by atoms with Crippen LogP contribution in [0.3, 0.4) is 0 Å². The molecule has 1 aliphatic rings. The maximum atomic E-state index is 5.57. The van der Waals surface area contributed by atoms with Crippen molar-refractivity contribution in [2.45, 2.75) is 33.3 Å². The molecule has 0 aromatic rings. The van der Waals surface area contributed by atoms with Crippen LogP contribution in [0, 0.1) is 5.92 Å². The number of hydrogen-bond acceptors (Lipinski definition) is 2. The van der Waals surface area contributed by atoms with E-state index >= 15 is 0 Å². The number of aliphatic imine (C=N–C) groups is 1. The monoisotopic (exact) mass is 155 g/mol. The Balaban J connectivity index is 2.63. The van der Waals surface area contributed by atoms with Crippen molar-refractivity contribution < 1.29 is 4.74 Å². The van der Waals surface area contributed by atoms with E-state index in [0.29, 0.717) is 12.0 Å². The van der Waals surface area contributed by atoms with Crippen LogP contribution in [0.4, 0.5) is 0 Å². The molecule has 0 bridgehead atoms. The summed E-state index contributed by atoms with van der Waals surface area (Å²) in [6.07, 6.45) is 1.35. The van der Waals surface area contributed by atoms with E-state index in [-0.39, 0.29) is 0 Å². The van der Waals surface area contributed by atoms with Crippen molar-refractivity contribution in [1.29, 1.82) is 0 Å². The molecule has 0 aromatic heterocycles. The first-order valence-electron chi connectivity index (χ1n) is 4.41. The van der Waals surface area contributed by atoms with Gasteiger partial charge in [0, 0.05) is 5.71 Å². The Hall–Kier alpha value is -0.370. The summed E-state index contributed by atoms with van der Waals surface area (Å²) in [7, 11) is 0. The molecule has 11 heavy (non-hydrogen) atoms. The van der Waals surface area contributed by atoms with Gasteiger partial charge in [0.1, 0.15) is 0 Å². The Labute approximate surface area is 68.7 Å². The van der Waals surface area contributed by atoms with E-state index in [9.17, 15) is 0 Å². The van der Waals surface area contributed by atoms with Crippen molar-refractivity contribution in [3.05, 3.63) is 0 Å². The third-order valence-electron chi connectivity index (χ3n) is 2.00. The van der Waals surface area contributed by atoms with Gasteiger partial charge in [-0.05, 0) is 12.3 Å². The topological polar surface area (TPSA) is 21.6 Å². The Bertz CT molecular complexity index is 152. The molecule has 1 rings (SSSR count). The molecule has 0 saturated heterocycles. The maximum Gasteiger partial charge on any atom is 0.0952 e. The molecule has 0 saturated carbocycles. The molecule has 0 aliphatic carbocycles. The van der Waals surface area contributed by atoms with Crippen LogP contribution < -0.4 is 0 Å². The highest BCUT2D eigenvalue weighted by Gasteiger charge is 2.20. The lowest BCUT2D eigenvalue weighted by atomic mass is 10.00. The molecule has 1 heterocycles. The van der Waals surface area contributed by atoms with Gasteiger partial charge in [0.05, 0.1) is 19.3 Å². The van der Waals surface area contributed by atoms with Crippen molar-refractivity contribution in [3.8, 4) is 0 Å². The molecule has 2 nitrogen and oxygen atoms in total. The average molecular weight is 155 g/mol. The minimum absolute atomic E-state index is 0.295. The molecule has 2 heteroatoms. The van der Waals surface area contributed by atoms with Crippen molar-refractivity contribution >= 4 is 5.71 Å². The molecule has 1 atom stereocenters. The summed E-state index contributed by atoms with van der Waals surface area (Å²) < 4.78 is 5.57. The highest BCUT2D eigenvalue weighted by molar-refractivity contribution is 5.90. The van der Waals surface area contributed by atoms with Gasteiger partial charge in [-0.15, -0.1) is 0 Å². The zero-order valence-corrected chi connectivity index (χ0v) is 7.63. The highest BCUT2D eigenvalue weighted by Crippen LogP contribution is 2.12. The normalized spacial score (nSPS) is 25.5. The lowest BCUT2D eigenvalue weighted by Crippen LogP contribution is -2.32. The molecule has 0 spiro atoms. The molecular weight excluding hydrogens is 138 g/mol. The van der Waals surface area contributed by atoms with Gasteiger partial charge in [-0.25, -0.2) is 0 Å². The van der Waals surface area contributed by atoms with Gasteiger partial charge >= 0.3 is 0 Å². The Kier molecular flexibility index (Phi) is 3.06. The smallest absolute Gasteiger partial charge is 0.0952 e. The molecule has 0 fully saturated rings. The summed E-state index contributed by atoms with van der Waals surface area (Å²) in [5.41, 5.74) is 1.25. The molecule has 1 unspecified atom stereocenters. The zero-order valence-electron chi connectivity index (χ0n) is 7.63. The second-order valence-corrected chi connectivity index (χ2v) is 3.23. The predicted molar refractivity (Wildman–Crippen MR) is 47.2 cm³/mol. The van der Waals surface area contributed by atoms with Gasteiger partial charge in [-0.3, -0.25) is 4.99 Å². The van der Waals surface area contributed by atoms with E-state index in [1.807, 2.05) is 0 Å². The number of hydrogen-bond donors (Lipinski definition) is 0. The van der Waals surface area contributed by atoms with E-state index < -0.39 is 0 Å². The van der Waals surface area contributed by atoms with Crippen LogP contribution in [0.5, 0.6) is 0 Å². The van der Waals surface area contributed by atoms with Crippen LogP contribution in [-0.2, 0) is 4.74 Å². The highest BCUT2D eigenvalue weighted by atomic mass is 16.5. The standard InChI is InChI=1S/C9H17NO/c1-4-8-9(7(2)3)10-5-6-11-8/h7-8H,4-6H2,1-3H3. The van der Waals surface area contributed by atoms with Gasteiger partial charge in [0.15, 0.2) is 0 Å². The zero-order chi connectivity index (χ0) is 8.27. The van der Waals surface area contributed by atoms with Gasteiger partial charge < -0.3 is 4.74 Å². The van der Waals surface area contributed by atoms with Crippen LogP contribution in [0.25, 0.3) is 0 Å². The van der Waals surface area contributed by atoms with E-state index in [1.165, 1.54) is 5.71 Å². The second kappa shape index (κ2) is 3.86. The lowest BCUT2D eigenvalue weighted by molar-refractivity contribution is 0.0892. The molecule has 64 valence electrons. The minimum Gasteiger partial charge on any atom is -0.370 e. The van der Waals surface area contributed by atoms with E-state index in [2.05, 4.69) is 25.8 Å². The average Bonchev–Trinajstić information content (AvgIpc) is 2.04. The first-order chi connectivity index (χ1) is 5.25. The van der Waals surface area contributed by atoms with Crippen LogP contribution in [-0.4, -0.2) is 25.0 Å². The summed E-state index contributed by atoms with van der Waals surface area (Å²) >= 11 is 0. The lowest BCUT2D eigenvalue weighted by Gasteiger charge is -2.24. The fourth-order valence-corrected chi connectivity index (χ4v) is 1.44.